The summed E-state index contributed by atoms with van der Waals surface area (Å²) in [5.41, 5.74) is 4.46. The van der Waals surface area contributed by atoms with Crippen molar-refractivity contribution in [3.05, 3.63) is 71.8 Å². The van der Waals surface area contributed by atoms with Crippen LogP contribution < -0.4 is 0 Å². The van der Waals surface area contributed by atoms with Crippen LogP contribution in [0.1, 0.15) is 49.1 Å². The zero-order valence-electron chi connectivity index (χ0n) is 14.5. The fourth-order valence-electron chi connectivity index (χ4n) is 3.77. The van der Waals surface area contributed by atoms with Gasteiger partial charge in [-0.3, -0.25) is 0 Å². The Morgan fingerprint density at radius 2 is 1.48 bits per heavy atom. The summed E-state index contributed by atoms with van der Waals surface area (Å²) in [5, 5.41) is 8.89. The van der Waals surface area contributed by atoms with Gasteiger partial charge in [-0.25, -0.2) is 4.39 Å². The molecule has 0 saturated heterocycles. The molecular formula is C23H24FN. The third-order valence-corrected chi connectivity index (χ3v) is 5.30. The lowest BCUT2D eigenvalue weighted by Crippen LogP contribution is -2.12. The second kappa shape index (κ2) is 8.62. The molecule has 1 saturated carbocycles. The fourth-order valence-corrected chi connectivity index (χ4v) is 3.77. The second-order valence-electron chi connectivity index (χ2n) is 6.89. The summed E-state index contributed by atoms with van der Waals surface area (Å²) < 4.78 is 12.1. The van der Waals surface area contributed by atoms with E-state index in [1.54, 1.807) is 6.08 Å². The molecule has 1 aliphatic carbocycles. The van der Waals surface area contributed by atoms with Gasteiger partial charge in [-0.2, -0.15) is 5.26 Å². The van der Waals surface area contributed by atoms with E-state index in [1.807, 2.05) is 30.3 Å². The molecule has 0 bridgehead atoms. The number of hydrogen-bond acceptors (Lipinski definition) is 1. The van der Waals surface area contributed by atoms with E-state index in [2.05, 4.69) is 30.3 Å². The van der Waals surface area contributed by atoms with Crippen LogP contribution in [-0.2, 0) is 0 Å². The summed E-state index contributed by atoms with van der Waals surface area (Å²) >= 11 is 0. The number of halogens is 1. The molecule has 25 heavy (non-hydrogen) atoms. The Labute approximate surface area is 149 Å². The molecule has 2 aromatic rings. The van der Waals surface area contributed by atoms with Crippen molar-refractivity contribution in [3.8, 4) is 17.2 Å². The van der Waals surface area contributed by atoms with E-state index in [4.69, 9.17) is 5.26 Å². The van der Waals surface area contributed by atoms with E-state index in [9.17, 15) is 4.39 Å². The van der Waals surface area contributed by atoms with Gasteiger partial charge in [0.05, 0.1) is 11.6 Å². The van der Waals surface area contributed by atoms with Gasteiger partial charge < -0.3 is 0 Å². The molecule has 0 N–H and O–H groups in total. The third-order valence-electron chi connectivity index (χ3n) is 5.30. The van der Waals surface area contributed by atoms with Crippen LogP contribution in [0.15, 0.2) is 60.7 Å². The second-order valence-corrected chi connectivity index (χ2v) is 6.89. The van der Waals surface area contributed by atoms with E-state index >= 15 is 0 Å². The lowest BCUT2D eigenvalue weighted by molar-refractivity contribution is 0.328. The Bertz CT molecular complexity index is 729. The highest BCUT2D eigenvalue weighted by atomic mass is 19.1. The number of rotatable bonds is 5. The van der Waals surface area contributed by atoms with Crippen LogP contribution in [0.5, 0.6) is 0 Å². The highest BCUT2D eigenvalue weighted by Crippen LogP contribution is 2.37. The van der Waals surface area contributed by atoms with Crippen LogP contribution in [0.25, 0.3) is 11.1 Å². The molecule has 0 radical (unpaired) electrons. The lowest BCUT2D eigenvalue weighted by Gasteiger charge is -2.28. The Kier molecular flexibility index (Phi) is 6.01. The smallest absolute Gasteiger partial charge is 0.108 e. The predicted octanol–water partition coefficient (Wildman–Crippen LogP) is 6.41. The molecule has 0 amide bonds. The summed E-state index contributed by atoms with van der Waals surface area (Å²) in [6.07, 6.45) is 9.58. The minimum atomic E-state index is -0.346. The van der Waals surface area contributed by atoms with Gasteiger partial charge in [0, 0.05) is 0 Å². The van der Waals surface area contributed by atoms with Crippen molar-refractivity contribution in [1.82, 2.24) is 0 Å². The van der Waals surface area contributed by atoms with Gasteiger partial charge in [-0.05, 0) is 72.8 Å². The molecule has 0 unspecified atom stereocenters. The quantitative estimate of drug-likeness (QED) is 0.580. The van der Waals surface area contributed by atoms with Crippen LogP contribution in [0.2, 0.25) is 0 Å². The maximum atomic E-state index is 12.1. The molecule has 0 aliphatic heterocycles. The van der Waals surface area contributed by atoms with Gasteiger partial charge >= 0.3 is 0 Å². The molecule has 1 nitrogen and oxygen atoms in total. The highest BCUT2D eigenvalue weighted by molar-refractivity contribution is 5.64. The summed E-state index contributed by atoms with van der Waals surface area (Å²) in [6, 6.07) is 18.8. The van der Waals surface area contributed by atoms with Gasteiger partial charge in [-0.1, -0.05) is 48.6 Å². The van der Waals surface area contributed by atoms with Gasteiger partial charge in [-0.15, -0.1) is 0 Å². The van der Waals surface area contributed by atoms with Crippen molar-refractivity contribution in [2.24, 2.45) is 5.92 Å². The van der Waals surface area contributed by atoms with E-state index in [1.165, 1.54) is 36.8 Å². The molecule has 0 spiro atoms. The Morgan fingerprint density at radius 3 is 2.04 bits per heavy atom. The fraction of sp³-hybridized carbons (Fsp3) is 0.348. The first-order valence-corrected chi connectivity index (χ1v) is 9.11. The SMILES string of the molecule is N#Cc1ccc(-c2ccc(C3CCC(CC=CCF)CC3)cc2)cc1. The van der Waals surface area contributed by atoms with Crippen molar-refractivity contribution >= 4 is 0 Å². The van der Waals surface area contributed by atoms with Crippen LogP contribution in [0.4, 0.5) is 4.39 Å². The number of hydrogen-bond donors (Lipinski definition) is 0. The summed E-state index contributed by atoms with van der Waals surface area (Å²) in [5.74, 6) is 1.37. The average molecular weight is 333 g/mol. The average Bonchev–Trinajstić information content (AvgIpc) is 2.69. The largest absolute Gasteiger partial charge is 0.247 e. The standard InChI is InChI=1S/C23H24FN/c24-16-2-1-3-18-4-8-20(9-5-18)22-12-14-23(15-13-22)21-10-6-19(17-25)7-11-21/h1-2,6-7,10-15,18,20H,3-5,8-9,16H2. The molecule has 2 aromatic carbocycles. The number of benzene rings is 2. The molecular weight excluding hydrogens is 309 g/mol. The number of nitriles is 1. The minimum Gasteiger partial charge on any atom is -0.247 e. The van der Waals surface area contributed by atoms with E-state index < -0.39 is 0 Å². The van der Waals surface area contributed by atoms with Crippen molar-refractivity contribution in [2.75, 3.05) is 6.67 Å². The van der Waals surface area contributed by atoms with Crippen LogP contribution in [-0.4, -0.2) is 6.67 Å². The van der Waals surface area contributed by atoms with Crippen LogP contribution in [0, 0.1) is 17.2 Å². The molecule has 0 aromatic heterocycles. The first kappa shape index (κ1) is 17.4. The van der Waals surface area contributed by atoms with E-state index in [-0.39, 0.29) is 6.67 Å². The molecule has 0 heterocycles. The highest BCUT2D eigenvalue weighted by Gasteiger charge is 2.21. The monoisotopic (exact) mass is 333 g/mol. The molecule has 1 aliphatic rings. The van der Waals surface area contributed by atoms with Crippen molar-refractivity contribution in [2.45, 2.75) is 38.0 Å². The minimum absolute atomic E-state index is 0.346. The van der Waals surface area contributed by atoms with Crippen molar-refractivity contribution < 1.29 is 4.39 Å². The Morgan fingerprint density at radius 1 is 0.880 bits per heavy atom. The first-order valence-electron chi connectivity index (χ1n) is 9.11. The molecule has 3 rings (SSSR count). The Hall–Kier alpha value is -2.40. The summed E-state index contributed by atoms with van der Waals surface area (Å²) in [4.78, 5) is 0. The predicted molar refractivity (Wildman–Crippen MR) is 101 cm³/mol. The van der Waals surface area contributed by atoms with Gasteiger partial charge in [0.15, 0.2) is 0 Å². The molecule has 0 atom stereocenters. The normalized spacial score (nSPS) is 20.5. The number of alkyl halides is 1. The van der Waals surface area contributed by atoms with Crippen molar-refractivity contribution in [1.29, 1.82) is 5.26 Å². The number of nitrogens with zero attached hydrogens (tertiary/aromatic N) is 1. The zero-order chi connectivity index (χ0) is 17.5. The van der Waals surface area contributed by atoms with Crippen molar-refractivity contribution in [3.63, 3.8) is 0 Å². The molecule has 1 fully saturated rings. The summed E-state index contributed by atoms with van der Waals surface area (Å²) in [7, 11) is 0. The lowest BCUT2D eigenvalue weighted by atomic mass is 9.77. The molecule has 2 heteroatoms. The zero-order valence-corrected chi connectivity index (χ0v) is 14.5. The van der Waals surface area contributed by atoms with Gasteiger partial charge in [0.1, 0.15) is 6.67 Å². The first-order chi connectivity index (χ1) is 12.3. The summed E-state index contributed by atoms with van der Waals surface area (Å²) in [6.45, 7) is -0.346. The maximum Gasteiger partial charge on any atom is 0.108 e. The Balaban J connectivity index is 1.59. The molecule has 128 valence electrons. The van der Waals surface area contributed by atoms with Gasteiger partial charge in [0.25, 0.3) is 0 Å². The maximum absolute atomic E-state index is 12.1. The third kappa shape index (κ3) is 4.57. The number of allylic oxidation sites excluding steroid dienone is 2. The van der Waals surface area contributed by atoms with Crippen LogP contribution >= 0.6 is 0 Å². The van der Waals surface area contributed by atoms with Crippen LogP contribution in [0.3, 0.4) is 0 Å². The topological polar surface area (TPSA) is 23.8 Å². The van der Waals surface area contributed by atoms with E-state index in [0.29, 0.717) is 11.5 Å². The van der Waals surface area contributed by atoms with E-state index in [0.717, 1.165) is 17.9 Å². The van der Waals surface area contributed by atoms with Gasteiger partial charge in [0.2, 0.25) is 0 Å².